The van der Waals surface area contributed by atoms with E-state index in [0.29, 0.717) is 6.07 Å². The zero-order chi connectivity index (χ0) is 15.2. The fourth-order valence-electron chi connectivity index (χ4n) is 1.48. The van der Waals surface area contributed by atoms with Gasteiger partial charge < -0.3 is 0 Å². The quantitative estimate of drug-likeness (QED) is 0.800. The molecule has 1 aromatic rings. The Balaban J connectivity index is 4.05. The minimum Gasteiger partial charge on any atom is -0.282 e. The highest BCUT2D eigenvalue weighted by molar-refractivity contribution is 7.86. The fourth-order valence-corrected chi connectivity index (χ4v) is 3.22. The molecule has 0 aliphatic carbocycles. The highest BCUT2D eigenvalue weighted by Gasteiger charge is 2.43. The summed E-state index contributed by atoms with van der Waals surface area (Å²) >= 11 is 0. The third kappa shape index (κ3) is 3.23. The molecule has 0 atom stereocenters. The van der Waals surface area contributed by atoms with Gasteiger partial charge >= 0.3 is 6.18 Å². The Kier molecular flexibility index (Phi) is 3.71. The van der Waals surface area contributed by atoms with Gasteiger partial charge in [-0.2, -0.15) is 30.0 Å². The van der Waals surface area contributed by atoms with Crippen LogP contribution in [0.4, 0.5) is 13.2 Å². The van der Waals surface area contributed by atoms with Crippen LogP contribution < -0.4 is 0 Å². The number of halogens is 3. The number of rotatable bonds is 2. The van der Waals surface area contributed by atoms with Crippen LogP contribution in [0, 0.1) is 6.92 Å². The number of hydrogen-bond donors (Lipinski definition) is 2. The van der Waals surface area contributed by atoms with Crippen molar-refractivity contribution in [3.05, 3.63) is 23.3 Å². The minimum absolute atomic E-state index is 0.405. The molecule has 0 radical (unpaired) electrons. The van der Waals surface area contributed by atoms with E-state index in [1.165, 1.54) is 0 Å². The Bertz CT molecular complexity index is 718. The molecule has 2 N–H and O–H groups in total. The standard InChI is InChI=1S/C8H7F3O6S2/c1-4-2-3-5(18(12,13)14)6(8(9,10)11)7(4)19(15,16)17/h2-3H,1H3,(H,12,13,14)(H,15,16,17). The predicted octanol–water partition coefficient (Wildman–Crippen LogP) is 1.51. The minimum atomic E-state index is -5.40. The SMILES string of the molecule is Cc1ccc(S(=O)(=O)O)c(C(F)(F)F)c1S(=O)(=O)O. The van der Waals surface area contributed by atoms with E-state index < -0.39 is 47.3 Å². The molecular formula is C8H7F3O6S2. The molecule has 0 aliphatic rings. The maximum absolute atomic E-state index is 12.8. The van der Waals surface area contributed by atoms with Crippen molar-refractivity contribution in [2.75, 3.05) is 0 Å². The van der Waals surface area contributed by atoms with E-state index in [0.717, 1.165) is 13.0 Å². The maximum Gasteiger partial charge on any atom is 0.419 e. The average molecular weight is 320 g/mol. The largest absolute Gasteiger partial charge is 0.419 e. The van der Waals surface area contributed by atoms with Gasteiger partial charge in [-0.05, 0) is 18.6 Å². The summed E-state index contributed by atoms with van der Waals surface area (Å²) in [5.74, 6) is 0. The molecule has 0 bridgehead atoms. The van der Waals surface area contributed by atoms with Gasteiger partial charge in [-0.25, -0.2) is 0 Å². The summed E-state index contributed by atoms with van der Waals surface area (Å²) in [5.41, 5.74) is -2.64. The molecule has 0 aromatic heterocycles. The lowest BCUT2D eigenvalue weighted by Crippen LogP contribution is -2.19. The summed E-state index contributed by atoms with van der Waals surface area (Å²) < 4.78 is 99.6. The number of benzene rings is 1. The third-order valence-electron chi connectivity index (χ3n) is 2.14. The molecule has 0 unspecified atom stereocenters. The van der Waals surface area contributed by atoms with Crippen LogP contribution in [0.1, 0.15) is 11.1 Å². The first-order valence-electron chi connectivity index (χ1n) is 4.42. The molecule has 11 heteroatoms. The van der Waals surface area contributed by atoms with E-state index in [2.05, 4.69) is 0 Å². The van der Waals surface area contributed by atoms with Crippen molar-refractivity contribution < 1.29 is 39.1 Å². The summed E-state index contributed by atoms with van der Waals surface area (Å²) in [6.45, 7) is 0.937. The molecule has 0 spiro atoms. The number of hydrogen-bond acceptors (Lipinski definition) is 4. The zero-order valence-electron chi connectivity index (χ0n) is 9.13. The summed E-state index contributed by atoms with van der Waals surface area (Å²) in [4.78, 5) is -3.24. The van der Waals surface area contributed by atoms with Gasteiger partial charge in [-0.15, -0.1) is 0 Å². The lowest BCUT2D eigenvalue weighted by atomic mass is 10.1. The van der Waals surface area contributed by atoms with Crippen molar-refractivity contribution >= 4 is 20.2 Å². The Morgan fingerprint density at radius 1 is 1.00 bits per heavy atom. The van der Waals surface area contributed by atoms with Gasteiger partial charge in [0.1, 0.15) is 9.79 Å². The Labute approximate surface area is 106 Å². The van der Waals surface area contributed by atoms with E-state index in [9.17, 15) is 30.0 Å². The predicted molar refractivity (Wildman–Crippen MR) is 55.8 cm³/mol. The van der Waals surface area contributed by atoms with Gasteiger partial charge in [-0.1, -0.05) is 6.07 Å². The van der Waals surface area contributed by atoms with Crippen LogP contribution in [0.25, 0.3) is 0 Å². The van der Waals surface area contributed by atoms with Crippen LogP contribution in [-0.4, -0.2) is 25.9 Å². The van der Waals surface area contributed by atoms with Gasteiger partial charge in [0, 0.05) is 0 Å². The molecule has 0 aliphatic heterocycles. The number of alkyl halides is 3. The Hall–Kier alpha value is -1.17. The molecule has 1 aromatic carbocycles. The van der Waals surface area contributed by atoms with Crippen molar-refractivity contribution in [3.8, 4) is 0 Å². The van der Waals surface area contributed by atoms with Crippen LogP contribution in [0.2, 0.25) is 0 Å². The summed E-state index contributed by atoms with van der Waals surface area (Å²) in [5, 5.41) is 0. The van der Waals surface area contributed by atoms with Crippen LogP contribution in [0.5, 0.6) is 0 Å². The van der Waals surface area contributed by atoms with E-state index in [4.69, 9.17) is 9.11 Å². The zero-order valence-corrected chi connectivity index (χ0v) is 10.8. The van der Waals surface area contributed by atoms with Gasteiger partial charge in [-0.3, -0.25) is 9.11 Å². The molecule has 0 saturated carbocycles. The Morgan fingerprint density at radius 3 is 1.79 bits per heavy atom. The normalized spacial score (nSPS) is 13.6. The molecule has 6 nitrogen and oxygen atoms in total. The molecule has 0 amide bonds. The van der Waals surface area contributed by atoms with Crippen LogP contribution in [0.3, 0.4) is 0 Å². The van der Waals surface area contributed by atoms with Crippen LogP contribution >= 0.6 is 0 Å². The molecule has 0 fully saturated rings. The topological polar surface area (TPSA) is 109 Å². The molecule has 0 heterocycles. The van der Waals surface area contributed by atoms with Gasteiger partial charge in [0.2, 0.25) is 0 Å². The van der Waals surface area contributed by atoms with Crippen molar-refractivity contribution in [3.63, 3.8) is 0 Å². The summed E-state index contributed by atoms with van der Waals surface area (Å²) in [6, 6.07) is 1.13. The second kappa shape index (κ2) is 4.44. The van der Waals surface area contributed by atoms with Crippen molar-refractivity contribution in [1.82, 2.24) is 0 Å². The van der Waals surface area contributed by atoms with Crippen LogP contribution in [0.15, 0.2) is 21.9 Å². The second-order valence-electron chi connectivity index (χ2n) is 3.53. The fraction of sp³-hybridized carbons (Fsp3) is 0.250. The van der Waals surface area contributed by atoms with E-state index in [1.807, 2.05) is 0 Å². The monoisotopic (exact) mass is 320 g/mol. The molecule has 108 valence electrons. The molecular weight excluding hydrogens is 313 g/mol. The van der Waals surface area contributed by atoms with E-state index in [1.54, 1.807) is 0 Å². The summed E-state index contributed by atoms with van der Waals surface area (Å²) in [6.07, 6.45) is -5.40. The van der Waals surface area contributed by atoms with Crippen LogP contribution in [-0.2, 0) is 26.4 Å². The van der Waals surface area contributed by atoms with Crippen molar-refractivity contribution in [2.24, 2.45) is 0 Å². The highest BCUT2D eigenvalue weighted by Crippen LogP contribution is 2.39. The lowest BCUT2D eigenvalue weighted by molar-refractivity contribution is -0.142. The maximum atomic E-state index is 12.8. The highest BCUT2D eigenvalue weighted by atomic mass is 32.2. The first kappa shape index (κ1) is 15.9. The van der Waals surface area contributed by atoms with Gasteiger partial charge in [0.25, 0.3) is 20.2 Å². The first-order chi connectivity index (χ1) is 8.26. The van der Waals surface area contributed by atoms with E-state index >= 15 is 0 Å². The van der Waals surface area contributed by atoms with Crippen molar-refractivity contribution in [2.45, 2.75) is 22.9 Å². The second-order valence-corrected chi connectivity index (χ2v) is 6.28. The first-order valence-corrected chi connectivity index (χ1v) is 7.30. The van der Waals surface area contributed by atoms with Gasteiger partial charge in [0.15, 0.2) is 0 Å². The van der Waals surface area contributed by atoms with Crippen molar-refractivity contribution in [1.29, 1.82) is 0 Å². The lowest BCUT2D eigenvalue weighted by Gasteiger charge is -2.16. The van der Waals surface area contributed by atoms with E-state index in [-0.39, 0.29) is 0 Å². The average Bonchev–Trinajstić information content (AvgIpc) is 2.11. The Morgan fingerprint density at radius 2 is 1.47 bits per heavy atom. The molecule has 0 saturated heterocycles. The number of aryl methyl sites for hydroxylation is 1. The third-order valence-corrected chi connectivity index (χ3v) is 4.07. The summed E-state index contributed by atoms with van der Waals surface area (Å²) in [7, 11) is -10.6. The van der Waals surface area contributed by atoms with Gasteiger partial charge in [0.05, 0.1) is 5.56 Å². The smallest absolute Gasteiger partial charge is 0.282 e. The molecule has 19 heavy (non-hydrogen) atoms. The molecule has 1 rings (SSSR count).